The van der Waals surface area contributed by atoms with E-state index in [2.05, 4.69) is 15.6 Å². The number of aromatic nitrogens is 2. The molecule has 0 spiro atoms. The lowest BCUT2D eigenvalue weighted by Crippen LogP contribution is -2.36. The molecular weight excluding hydrogens is 454 g/mol. The molecule has 2 heterocycles. The fraction of sp³-hybridized carbons (Fsp3) is 0.167. The Hall–Kier alpha value is -4.64. The van der Waals surface area contributed by atoms with Gasteiger partial charge in [-0.3, -0.25) is 19.7 Å². The van der Waals surface area contributed by atoms with E-state index in [1.54, 1.807) is 48.5 Å². The molecule has 1 N–H and O–H groups in total. The average Bonchev–Trinajstić information content (AvgIpc) is 3.37. The molecule has 1 aliphatic heterocycles. The largest absolute Gasteiger partial charge is 0.378 e. The van der Waals surface area contributed by atoms with Gasteiger partial charge in [0.25, 0.3) is 0 Å². The van der Waals surface area contributed by atoms with Crippen molar-refractivity contribution in [2.45, 2.75) is 0 Å². The number of nitrogens with one attached hydrogen (secondary N) is 1. The van der Waals surface area contributed by atoms with Crippen LogP contribution in [0.1, 0.15) is 31.8 Å². The Balaban J connectivity index is 1.51. The van der Waals surface area contributed by atoms with Gasteiger partial charge in [-0.2, -0.15) is 0 Å². The van der Waals surface area contributed by atoms with Crippen LogP contribution in [0.15, 0.2) is 53.2 Å². The van der Waals surface area contributed by atoms with E-state index in [0.29, 0.717) is 54.5 Å². The zero-order chi connectivity index (χ0) is 24.1. The maximum atomic E-state index is 13.4. The van der Waals surface area contributed by atoms with E-state index < -0.39 is 4.92 Å². The number of ether oxygens (including phenoxy) is 1. The number of nitro benzene ring substituents is 1. The topological polar surface area (TPSA) is 141 Å². The van der Waals surface area contributed by atoms with Gasteiger partial charge in [0.1, 0.15) is 5.69 Å². The number of morpholine rings is 1. The van der Waals surface area contributed by atoms with Gasteiger partial charge in [-0.15, -0.1) is 0 Å². The minimum absolute atomic E-state index is 0.0148. The normalized spacial score (nSPS) is 15.1. The lowest BCUT2D eigenvalue weighted by atomic mass is 9.83. The van der Waals surface area contributed by atoms with Gasteiger partial charge in [-0.05, 0) is 22.4 Å². The summed E-state index contributed by atoms with van der Waals surface area (Å²) in [6.07, 6.45) is 0. The van der Waals surface area contributed by atoms with Gasteiger partial charge < -0.3 is 15.0 Å². The first-order valence-corrected chi connectivity index (χ1v) is 10.9. The van der Waals surface area contributed by atoms with Crippen molar-refractivity contribution in [3.8, 4) is 0 Å². The van der Waals surface area contributed by atoms with Gasteiger partial charge in [0.2, 0.25) is 5.52 Å². The Morgan fingerprint density at radius 3 is 2.31 bits per heavy atom. The lowest BCUT2D eigenvalue weighted by molar-refractivity contribution is -0.382. The summed E-state index contributed by atoms with van der Waals surface area (Å²) in [6, 6.07) is 13.2. The fourth-order valence-corrected chi connectivity index (χ4v) is 4.63. The highest BCUT2D eigenvalue weighted by Crippen LogP contribution is 2.41. The van der Waals surface area contributed by atoms with Crippen molar-refractivity contribution in [3.05, 3.63) is 80.9 Å². The minimum atomic E-state index is -0.509. The number of benzene rings is 3. The minimum Gasteiger partial charge on any atom is -0.378 e. The first-order chi connectivity index (χ1) is 17.0. The summed E-state index contributed by atoms with van der Waals surface area (Å²) in [7, 11) is 0. The smallest absolute Gasteiger partial charge is 0.323 e. The van der Waals surface area contributed by atoms with Crippen LogP contribution < -0.4 is 10.2 Å². The van der Waals surface area contributed by atoms with Gasteiger partial charge in [0.15, 0.2) is 17.1 Å². The summed E-state index contributed by atoms with van der Waals surface area (Å²) in [5.74, 6) is -0.534. The van der Waals surface area contributed by atoms with E-state index in [1.165, 1.54) is 0 Å². The lowest BCUT2D eigenvalue weighted by Gasteiger charge is -2.29. The maximum absolute atomic E-state index is 13.4. The Morgan fingerprint density at radius 1 is 0.886 bits per heavy atom. The molecular formula is C24H17N5O6. The second-order valence-corrected chi connectivity index (χ2v) is 8.17. The van der Waals surface area contributed by atoms with Crippen LogP contribution >= 0.6 is 0 Å². The fourth-order valence-electron chi connectivity index (χ4n) is 4.63. The first-order valence-electron chi connectivity index (χ1n) is 10.9. The molecule has 4 aromatic rings. The summed E-state index contributed by atoms with van der Waals surface area (Å²) in [6.45, 7) is 1.78. The zero-order valence-electron chi connectivity index (χ0n) is 18.2. The Labute approximate surface area is 197 Å². The molecule has 1 aliphatic carbocycles. The number of fused-ring (bicyclic) bond motifs is 3. The van der Waals surface area contributed by atoms with E-state index in [0.717, 1.165) is 0 Å². The first kappa shape index (κ1) is 20.9. The van der Waals surface area contributed by atoms with Gasteiger partial charge in [-0.25, -0.2) is 4.63 Å². The molecule has 1 fully saturated rings. The van der Waals surface area contributed by atoms with Gasteiger partial charge in [0.05, 0.1) is 35.1 Å². The van der Waals surface area contributed by atoms with Crippen LogP contribution in [0.25, 0.3) is 11.0 Å². The molecule has 174 valence electrons. The van der Waals surface area contributed by atoms with Crippen molar-refractivity contribution < 1.29 is 23.9 Å². The predicted molar refractivity (Wildman–Crippen MR) is 125 cm³/mol. The molecule has 0 bridgehead atoms. The molecule has 0 amide bonds. The van der Waals surface area contributed by atoms with E-state index in [4.69, 9.17) is 9.37 Å². The van der Waals surface area contributed by atoms with E-state index in [-0.39, 0.29) is 39.4 Å². The van der Waals surface area contributed by atoms with Crippen LogP contribution in [0.4, 0.5) is 22.7 Å². The number of hydrogen-bond acceptors (Lipinski definition) is 10. The van der Waals surface area contributed by atoms with Crippen LogP contribution in [-0.4, -0.2) is 53.1 Å². The molecule has 1 aromatic heterocycles. The number of hydrogen-bond donors (Lipinski definition) is 1. The second-order valence-electron chi connectivity index (χ2n) is 8.17. The van der Waals surface area contributed by atoms with Crippen molar-refractivity contribution in [1.82, 2.24) is 10.3 Å². The van der Waals surface area contributed by atoms with Crippen LogP contribution in [0.5, 0.6) is 0 Å². The number of anilines is 3. The molecule has 2 aliphatic rings. The highest BCUT2D eigenvalue weighted by atomic mass is 16.6. The number of rotatable bonds is 4. The summed E-state index contributed by atoms with van der Waals surface area (Å²) in [5.41, 5.74) is 2.17. The van der Waals surface area contributed by atoms with Crippen LogP contribution in [0.3, 0.4) is 0 Å². The molecule has 0 radical (unpaired) electrons. The third kappa shape index (κ3) is 3.24. The molecule has 0 atom stereocenters. The zero-order valence-corrected chi connectivity index (χ0v) is 18.2. The average molecular weight is 471 g/mol. The standard InChI is InChI=1S/C24H17N5O6/c30-23-13-4-1-2-5-14(13)24(31)19-15(23)6-3-7-16(19)25-17-12-18(28-8-10-34-11-9-28)22(29(32)33)21-20(17)26-35-27-21/h1-7,12,25H,8-11H2. The Morgan fingerprint density at radius 2 is 1.57 bits per heavy atom. The van der Waals surface area contributed by atoms with Crippen molar-refractivity contribution in [2.75, 3.05) is 36.5 Å². The van der Waals surface area contributed by atoms with E-state index in [9.17, 15) is 19.7 Å². The van der Waals surface area contributed by atoms with E-state index >= 15 is 0 Å². The van der Waals surface area contributed by atoms with Gasteiger partial charge >= 0.3 is 5.69 Å². The maximum Gasteiger partial charge on any atom is 0.323 e. The number of ketones is 2. The Bertz CT molecular complexity index is 1540. The van der Waals surface area contributed by atoms with Gasteiger partial charge in [-0.1, -0.05) is 36.4 Å². The van der Waals surface area contributed by atoms with Crippen LogP contribution in [-0.2, 0) is 4.74 Å². The summed E-state index contributed by atoms with van der Waals surface area (Å²) < 4.78 is 10.3. The summed E-state index contributed by atoms with van der Waals surface area (Å²) in [5, 5.41) is 22.8. The number of nitrogens with zero attached hydrogens (tertiary/aromatic N) is 4. The van der Waals surface area contributed by atoms with E-state index in [1.807, 2.05) is 4.90 Å². The number of nitro groups is 1. The monoisotopic (exact) mass is 471 g/mol. The molecule has 11 heteroatoms. The molecule has 1 saturated heterocycles. The highest BCUT2D eigenvalue weighted by molar-refractivity contribution is 6.30. The molecule has 0 saturated carbocycles. The molecule has 11 nitrogen and oxygen atoms in total. The molecule has 6 rings (SSSR count). The molecule has 0 unspecified atom stereocenters. The predicted octanol–water partition coefficient (Wildman–Crippen LogP) is 3.49. The number of carbonyl (C=O) groups excluding carboxylic acids is 2. The molecule has 3 aromatic carbocycles. The van der Waals surface area contributed by atoms with Crippen molar-refractivity contribution in [3.63, 3.8) is 0 Å². The second kappa shape index (κ2) is 7.99. The third-order valence-electron chi connectivity index (χ3n) is 6.25. The Kier molecular flexibility index (Phi) is 4.78. The van der Waals surface area contributed by atoms with Crippen LogP contribution in [0.2, 0.25) is 0 Å². The summed E-state index contributed by atoms with van der Waals surface area (Å²) >= 11 is 0. The quantitative estimate of drug-likeness (QED) is 0.306. The number of carbonyl (C=O) groups is 2. The van der Waals surface area contributed by atoms with Crippen molar-refractivity contribution in [1.29, 1.82) is 0 Å². The van der Waals surface area contributed by atoms with Crippen molar-refractivity contribution >= 4 is 45.3 Å². The SMILES string of the molecule is O=C1c2ccccc2C(=O)c2c(Nc3cc(N4CCOCC4)c([N+](=O)[O-])c4nonc34)cccc21. The van der Waals surface area contributed by atoms with Gasteiger partial charge in [0, 0.05) is 29.8 Å². The molecule has 35 heavy (non-hydrogen) atoms. The van der Waals surface area contributed by atoms with Crippen molar-refractivity contribution in [2.24, 2.45) is 0 Å². The third-order valence-corrected chi connectivity index (χ3v) is 6.25. The summed E-state index contributed by atoms with van der Waals surface area (Å²) in [4.78, 5) is 39.8. The van der Waals surface area contributed by atoms with Crippen LogP contribution in [0, 0.1) is 10.1 Å². The highest BCUT2D eigenvalue weighted by Gasteiger charge is 2.33.